The molecule has 0 spiro atoms. The van der Waals surface area contributed by atoms with Crippen molar-refractivity contribution in [3.05, 3.63) is 0 Å². The van der Waals surface area contributed by atoms with E-state index in [2.05, 4.69) is 13.8 Å². The molecule has 4 rings (SSSR count). The van der Waals surface area contributed by atoms with Gasteiger partial charge in [0.25, 0.3) is 0 Å². The fourth-order valence-electron chi connectivity index (χ4n) is 9.89. The van der Waals surface area contributed by atoms with Crippen molar-refractivity contribution >= 4 is 23.9 Å². The summed E-state index contributed by atoms with van der Waals surface area (Å²) in [7, 11) is 0. The zero-order chi connectivity index (χ0) is 30.3. The molecule has 0 aromatic carbocycles. The number of carbonyl (C=O) groups is 4. The fraction of sp³-hybridized carbons (Fsp3) is 0.875. The van der Waals surface area contributed by atoms with E-state index in [-0.39, 0.29) is 90.2 Å². The Kier molecular flexibility index (Phi) is 9.46. The summed E-state index contributed by atoms with van der Waals surface area (Å²) in [6.45, 7) is 12.9. The summed E-state index contributed by atoms with van der Waals surface area (Å²) in [5.41, 5.74) is -0.538. The molecule has 232 valence electrons. The maximum atomic E-state index is 12.5. The molecule has 0 saturated heterocycles. The van der Waals surface area contributed by atoms with Crippen LogP contribution in [0.25, 0.3) is 0 Å². The average Bonchev–Trinajstić information content (AvgIpc) is 3.22. The van der Waals surface area contributed by atoms with Crippen LogP contribution >= 0.6 is 0 Å². The summed E-state index contributed by atoms with van der Waals surface area (Å²) >= 11 is 0. The second kappa shape index (κ2) is 12.2. The Labute approximate surface area is 244 Å². The number of rotatable bonds is 8. The number of fused-ring (bicyclic) bond motifs is 5. The lowest BCUT2D eigenvalue weighted by atomic mass is 9.43. The second-order valence-electron chi connectivity index (χ2n) is 13.7. The highest BCUT2D eigenvalue weighted by atomic mass is 16.6. The van der Waals surface area contributed by atoms with Gasteiger partial charge >= 0.3 is 23.9 Å². The molecule has 41 heavy (non-hydrogen) atoms. The predicted octanol–water partition coefficient (Wildman–Crippen LogP) is 4.61. The van der Waals surface area contributed by atoms with Gasteiger partial charge in [0.2, 0.25) is 0 Å². The van der Waals surface area contributed by atoms with Crippen molar-refractivity contribution in [3.8, 4) is 0 Å². The summed E-state index contributed by atoms with van der Waals surface area (Å²) in [4.78, 5) is 48.8. The van der Waals surface area contributed by atoms with Crippen LogP contribution in [0.15, 0.2) is 0 Å². The molecule has 12 atom stereocenters. The van der Waals surface area contributed by atoms with Crippen molar-refractivity contribution in [2.24, 2.45) is 46.3 Å². The highest BCUT2D eigenvalue weighted by molar-refractivity contribution is 5.70. The van der Waals surface area contributed by atoms with Gasteiger partial charge in [-0.25, -0.2) is 0 Å². The molecule has 4 saturated carbocycles. The zero-order valence-corrected chi connectivity index (χ0v) is 25.9. The monoisotopic (exact) mass is 578 g/mol. The topological polar surface area (TPSA) is 125 Å². The Morgan fingerprint density at radius 1 is 0.878 bits per heavy atom. The van der Waals surface area contributed by atoms with Crippen LogP contribution < -0.4 is 0 Å². The standard InChI is InChI=1S/C32H50O9/c1-8-38-29(37)16-26(36)17(2)23-9-10-24-30-25(15-28(32(23,24)7)41-20(5)35)31(6)12-11-22(39-18(3)33)13-21(31)14-27(30)40-19(4)34/h17,21-28,30,36H,8-16H2,1-7H3/t17-,21-,22+,23+,24-,25-,26+,27+,28-,30-,31-,32+/m0/s1. The van der Waals surface area contributed by atoms with Gasteiger partial charge in [0.1, 0.15) is 18.3 Å². The molecular formula is C32H50O9. The van der Waals surface area contributed by atoms with Crippen LogP contribution in [0.4, 0.5) is 0 Å². The normalized spacial score (nSPS) is 41.1. The molecule has 0 heterocycles. The lowest BCUT2D eigenvalue weighted by molar-refractivity contribution is -0.225. The van der Waals surface area contributed by atoms with Gasteiger partial charge in [-0.15, -0.1) is 0 Å². The molecular weight excluding hydrogens is 528 g/mol. The summed E-state index contributed by atoms with van der Waals surface area (Å²) < 4.78 is 23.0. The number of esters is 4. The number of ether oxygens (including phenoxy) is 4. The van der Waals surface area contributed by atoms with Crippen molar-refractivity contribution in [1.29, 1.82) is 0 Å². The third-order valence-corrected chi connectivity index (χ3v) is 11.6. The quantitative estimate of drug-likeness (QED) is 0.325. The van der Waals surface area contributed by atoms with Crippen LogP contribution in [0.2, 0.25) is 0 Å². The zero-order valence-electron chi connectivity index (χ0n) is 25.9. The molecule has 9 heteroatoms. The van der Waals surface area contributed by atoms with Crippen LogP contribution in [0, 0.1) is 46.3 Å². The summed E-state index contributed by atoms with van der Waals surface area (Å²) in [5.74, 6) is -0.982. The van der Waals surface area contributed by atoms with E-state index in [1.807, 2.05) is 6.92 Å². The van der Waals surface area contributed by atoms with E-state index >= 15 is 0 Å². The van der Waals surface area contributed by atoms with Gasteiger partial charge in [0.05, 0.1) is 19.1 Å². The number of hydrogen-bond donors (Lipinski definition) is 1. The van der Waals surface area contributed by atoms with Crippen LogP contribution in [-0.4, -0.2) is 60.0 Å². The lowest BCUT2D eigenvalue weighted by Gasteiger charge is -2.64. The van der Waals surface area contributed by atoms with Crippen molar-refractivity contribution in [2.75, 3.05) is 6.61 Å². The maximum absolute atomic E-state index is 12.5. The molecule has 4 aliphatic rings. The molecule has 0 unspecified atom stereocenters. The minimum absolute atomic E-state index is 0.00503. The van der Waals surface area contributed by atoms with E-state index in [0.29, 0.717) is 12.8 Å². The van der Waals surface area contributed by atoms with E-state index in [1.165, 1.54) is 20.8 Å². The first kappa shape index (κ1) is 31.8. The van der Waals surface area contributed by atoms with Gasteiger partial charge in [0, 0.05) is 32.1 Å². The Balaban J connectivity index is 1.70. The Morgan fingerprint density at radius 3 is 2.15 bits per heavy atom. The first-order valence-electron chi connectivity index (χ1n) is 15.6. The van der Waals surface area contributed by atoms with Crippen molar-refractivity contribution in [1.82, 2.24) is 0 Å². The highest BCUT2D eigenvalue weighted by Crippen LogP contribution is 2.69. The Morgan fingerprint density at radius 2 is 1.54 bits per heavy atom. The van der Waals surface area contributed by atoms with Crippen molar-refractivity contribution in [3.63, 3.8) is 0 Å². The van der Waals surface area contributed by atoms with Crippen LogP contribution in [0.3, 0.4) is 0 Å². The lowest BCUT2D eigenvalue weighted by Crippen LogP contribution is -2.63. The van der Waals surface area contributed by atoms with Gasteiger partial charge in [-0.3, -0.25) is 19.2 Å². The number of hydrogen-bond acceptors (Lipinski definition) is 9. The summed E-state index contributed by atoms with van der Waals surface area (Å²) in [5, 5.41) is 11.1. The van der Waals surface area contributed by atoms with E-state index in [1.54, 1.807) is 6.92 Å². The molecule has 0 aliphatic heterocycles. The molecule has 0 radical (unpaired) electrons. The third-order valence-electron chi connectivity index (χ3n) is 11.6. The van der Waals surface area contributed by atoms with Crippen molar-refractivity contribution < 1.29 is 43.2 Å². The number of aliphatic hydroxyl groups excluding tert-OH is 1. The number of aliphatic hydroxyl groups is 1. The van der Waals surface area contributed by atoms with Gasteiger partial charge in [-0.2, -0.15) is 0 Å². The fourth-order valence-corrected chi connectivity index (χ4v) is 9.89. The average molecular weight is 579 g/mol. The molecule has 0 amide bonds. The second-order valence-corrected chi connectivity index (χ2v) is 13.7. The first-order valence-corrected chi connectivity index (χ1v) is 15.6. The summed E-state index contributed by atoms with van der Waals surface area (Å²) in [6.07, 6.45) is 3.72. The third kappa shape index (κ3) is 6.02. The Hall–Kier alpha value is -2.16. The molecule has 9 nitrogen and oxygen atoms in total. The minimum Gasteiger partial charge on any atom is -0.466 e. The van der Waals surface area contributed by atoms with Gasteiger partial charge in [-0.05, 0) is 86.9 Å². The van der Waals surface area contributed by atoms with Crippen LogP contribution in [-0.2, 0) is 38.1 Å². The Bertz CT molecular complexity index is 1010. The van der Waals surface area contributed by atoms with Crippen LogP contribution in [0.1, 0.15) is 99.8 Å². The number of carbonyl (C=O) groups excluding carboxylic acids is 4. The molecule has 4 fully saturated rings. The summed E-state index contributed by atoms with van der Waals surface area (Å²) in [6, 6.07) is 0. The molecule has 4 aliphatic carbocycles. The smallest absolute Gasteiger partial charge is 0.308 e. The SMILES string of the molecule is CCOC(=O)C[C@@H](O)[C@@H](C)[C@H]1CC[C@H]2[C@@H]3[C@H](OC(C)=O)C[C@@H]4C[C@H](OC(C)=O)CC[C@]4(C)[C@H]3C[C@H](OC(C)=O)[C@]12C. The van der Waals surface area contributed by atoms with E-state index in [4.69, 9.17) is 18.9 Å². The van der Waals surface area contributed by atoms with Crippen molar-refractivity contribution in [2.45, 2.75) is 124 Å². The van der Waals surface area contributed by atoms with Gasteiger partial charge in [-0.1, -0.05) is 20.8 Å². The molecule has 0 bridgehead atoms. The maximum Gasteiger partial charge on any atom is 0.308 e. The largest absolute Gasteiger partial charge is 0.466 e. The van der Waals surface area contributed by atoms with E-state index in [9.17, 15) is 24.3 Å². The minimum atomic E-state index is -0.876. The molecule has 1 N–H and O–H groups in total. The van der Waals surface area contributed by atoms with Gasteiger partial charge < -0.3 is 24.1 Å². The van der Waals surface area contributed by atoms with Gasteiger partial charge in [0.15, 0.2) is 0 Å². The predicted molar refractivity (Wildman–Crippen MR) is 149 cm³/mol. The molecule has 0 aromatic rings. The molecule has 0 aromatic heterocycles. The van der Waals surface area contributed by atoms with Crippen LogP contribution in [0.5, 0.6) is 0 Å². The van der Waals surface area contributed by atoms with E-state index < -0.39 is 17.5 Å². The van der Waals surface area contributed by atoms with E-state index in [0.717, 1.165) is 32.1 Å². The first-order chi connectivity index (χ1) is 19.2. The highest BCUT2D eigenvalue weighted by Gasteiger charge is 2.68.